The lowest BCUT2D eigenvalue weighted by atomic mass is 10.1. The molecule has 1 N–H and O–H groups in total. The number of nitro groups is 1. The molecule has 0 radical (unpaired) electrons. The molecule has 0 amide bonds. The molecule has 0 unspecified atom stereocenters. The van der Waals surface area contributed by atoms with Crippen molar-refractivity contribution in [1.29, 1.82) is 5.26 Å². The lowest BCUT2D eigenvalue weighted by Crippen LogP contribution is -2.06. The molecule has 108 valence electrons. The highest BCUT2D eigenvalue weighted by Gasteiger charge is 2.16. The molecule has 2 rings (SSSR count). The molecule has 7 nitrogen and oxygen atoms in total. The van der Waals surface area contributed by atoms with Gasteiger partial charge in [-0.1, -0.05) is 0 Å². The zero-order valence-corrected chi connectivity index (χ0v) is 11.3. The minimum absolute atomic E-state index is 0.0733. The van der Waals surface area contributed by atoms with Gasteiger partial charge >= 0.3 is 0 Å². The predicted molar refractivity (Wildman–Crippen MR) is 74.5 cm³/mol. The van der Waals surface area contributed by atoms with Crippen LogP contribution < -0.4 is 0 Å². The van der Waals surface area contributed by atoms with E-state index in [2.05, 4.69) is 4.98 Å². The highest BCUT2D eigenvalue weighted by Crippen LogP contribution is 2.22. The molecular formula is C14H14N4O3. The van der Waals surface area contributed by atoms with E-state index in [1.165, 1.54) is 6.07 Å². The van der Waals surface area contributed by atoms with Crippen LogP contribution in [-0.2, 0) is 13.0 Å². The summed E-state index contributed by atoms with van der Waals surface area (Å²) in [5, 5.41) is 28.8. The van der Waals surface area contributed by atoms with Gasteiger partial charge in [-0.2, -0.15) is 5.26 Å². The Hall–Kier alpha value is -2.72. The third-order valence-electron chi connectivity index (χ3n) is 3.14. The third-order valence-corrected chi connectivity index (χ3v) is 3.14. The van der Waals surface area contributed by atoms with Gasteiger partial charge in [0.25, 0.3) is 5.69 Å². The zero-order chi connectivity index (χ0) is 15.2. The minimum atomic E-state index is -0.486. The molecule has 0 aliphatic heterocycles. The molecule has 21 heavy (non-hydrogen) atoms. The van der Waals surface area contributed by atoms with E-state index in [1.807, 2.05) is 10.6 Å². The number of benzene rings is 1. The highest BCUT2D eigenvalue weighted by molar-refractivity contribution is 5.47. The van der Waals surface area contributed by atoms with Gasteiger partial charge in [0.15, 0.2) is 0 Å². The number of nitriles is 1. The summed E-state index contributed by atoms with van der Waals surface area (Å²) < 4.78 is 1.81. The number of hydrogen-bond donors (Lipinski definition) is 1. The fourth-order valence-corrected chi connectivity index (χ4v) is 2.08. The van der Waals surface area contributed by atoms with Crippen LogP contribution in [0.15, 0.2) is 30.7 Å². The number of aryl methyl sites for hydroxylation is 1. The summed E-state index contributed by atoms with van der Waals surface area (Å²) in [6, 6.07) is 6.33. The lowest BCUT2D eigenvalue weighted by molar-refractivity contribution is -0.385. The molecule has 1 heterocycles. The summed E-state index contributed by atoms with van der Waals surface area (Å²) >= 11 is 0. The summed E-state index contributed by atoms with van der Waals surface area (Å²) in [5.41, 5.74) is 1.61. The maximum Gasteiger partial charge on any atom is 0.275 e. The van der Waals surface area contributed by atoms with Crippen molar-refractivity contribution in [3.05, 3.63) is 57.7 Å². The zero-order valence-electron chi connectivity index (χ0n) is 11.3. The summed E-state index contributed by atoms with van der Waals surface area (Å²) in [5.74, 6) is 0. The van der Waals surface area contributed by atoms with Gasteiger partial charge in [0.1, 0.15) is 0 Å². The molecule has 0 fully saturated rings. The van der Waals surface area contributed by atoms with Gasteiger partial charge in [0.2, 0.25) is 0 Å². The van der Waals surface area contributed by atoms with Crippen molar-refractivity contribution >= 4 is 5.69 Å². The van der Waals surface area contributed by atoms with Gasteiger partial charge in [-0.25, -0.2) is 4.98 Å². The second-order valence-corrected chi connectivity index (χ2v) is 4.55. The summed E-state index contributed by atoms with van der Waals surface area (Å²) in [7, 11) is 0. The smallest absolute Gasteiger partial charge is 0.275 e. The van der Waals surface area contributed by atoms with Crippen molar-refractivity contribution < 1.29 is 10.0 Å². The van der Waals surface area contributed by atoms with E-state index in [0.717, 1.165) is 5.69 Å². The van der Waals surface area contributed by atoms with Crippen molar-refractivity contribution in [2.24, 2.45) is 0 Å². The van der Waals surface area contributed by atoms with E-state index < -0.39 is 4.92 Å². The molecule has 2 aromatic rings. The fraction of sp³-hybridized carbons (Fsp3) is 0.286. The van der Waals surface area contributed by atoms with Crippen molar-refractivity contribution in [2.45, 2.75) is 19.4 Å². The van der Waals surface area contributed by atoms with Crippen LogP contribution in [0.25, 0.3) is 0 Å². The van der Waals surface area contributed by atoms with Crippen molar-refractivity contribution in [3.63, 3.8) is 0 Å². The summed E-state index contributed by atoms with van der Waals surface area (Å²) in [4.78, 5) is 14.7. The number of imidazole rings is 1. The van der Waals surface area contributed by atoms with Gasteiger partial charge in [0.05, 0.1) is 29.4 Å². The third kappa shape index (κ3) is 3.43. The normalized spacial score (nSPS) is 10.3. The first kappa shape index (κ1) is 14.7. The van der Waals surface area contributed by atoms with E-state index in [1.54, 1.807) is 24.7 Å². The Kier molecular flexibility index (Phi) is 4.64. The minimum Gasteiger partial charge on any atom is -0.396 e. The van der Waals surface area contributed by atoms with E-state index in [4.69, 9.17) is 10.4 Å². The maximum absolute atomic E-state index is 11.1. The molecule has 0 aliphatic carbocycles. The van der Waals surface area contributed by atoms with E-state index in [9.17, 15) is 10.1 Å². The van der Waals surface area contributed by atoms with Crippen LogP contribution in [0.4, 0.5) is 5.69 Å². The van der Waals surface area contributed by atoms with Crippen LogP contribution in [0.5, 0.6) is 0 Å². The second-order valence-electron chi connectivity index (χ2n) is 4.55. The van der Waals surface area contributed by atoms with Crippen molar-refractivity contribution in [3.8, 4) is 6.07 Å². The molecule has 0 spiro atoms. The molecule has 0 saturated heterocycles. The fourth-order valence-electron chi connectivity index (χ4n) is 2.08. The number of nitrogens with zero attached hydrogens (tertiary/aromatic N) is 4. The first-order chi connectivity index (χ1) is 10.2. The Morgan fingerprint density at radius 3 is 2.95 bits per heavy atom. The maximum atomic E-state index is 11.1. The van der Waals surface area contributed by atoms with Crippen molar-refractivity contribution in [2.75, 3.05) is 6.61 Å². The predicted octanol–water partition coefficient (Wildman–Crippen LogP) is 1.64. The van der Waals surface area contributed by atoms with Crippen LogP contribution in [-0.4, -0.2) is 26.2 Å². The van der Waals surface area contributed by atoms with Crippen LogP contribution in [0.1, 0.15) is 23.2 Å². The Bertz CT molecular complexity index is 688. The number of hydrogen-bond acceptors (Lipinski definition) is 5. The highest BCUT2D eigenvalue weighted by atomic mass is 16.6. The number of nitro benzene ring substituents is 1. The molecule has 1 aromatic heterocycles. The molecule has 7 heteroatoms. The summed E-state index contributed by atoms with van der Waals surface area (Å²) in [6.07, 6.45) is 4.56. The lowest BCUT2D eigenvalue weighted by Gasteiger charge is -2.08. The van der Waals surface area contributed by atoms with E-state index in [0.29, 0.717) is 24.9 Å². The molecule has 0 atom stereocenters. The standard InChI is InChI=1S/C14H14N4O3/c15-7-11-3-4-12(14(6-11)18(20)21)9-17-10-16-8-13(17)2-1-5-19/h3-4,6,8,10,19H,1-2,5,9H2. The van der Waals surface area contributed by atoms with Gasteiger partial charge in [-0.05, 0) is 25.0 Å². The monoisotopic (exact) mass is 286 g/mol. The first-order valence-corrected chi connectivity index (χ1v) is 6.43. The number of aliphatic hydroxyl groups is 1. The topological polar surface area (TPSA) is 105 Å². The quantitative estimate of drug-likeness (QED) is 0.642. The van der Waals surface area contributed by atoms with Crippen molar-refractivity contribution in [1.82, 2.24) is 9.55 Å². The number of aromatic nitrogens is 2. The molecule has 0 saturated carbocycles. The second kappa shape index (κ2) is 6.63. The first-order valence-electron chi connectivity index (χ1n) is 6.43. The van der Waals surface area contributed by atoms with Crippen LogP contribution >= 0.6 is 0 Å². The molecule has 1 aromatic carbocycles. The van der Waals surface area contributed by atoms with E-state index in [-0.39, 0.29) is 17.9 Å². The van der Waals surface area contributed by atoms with Crippen LogP contribution in [0.3, 0.4) is 0 Å². The number of aliphatic hydroxyl groups excluding tert-OH is 1. The van der Waals surface area contributed by atoms with Crippen LogP contribution in [0, 0.1) is 21.4 Å². The Morgan fingerprint density at radius 2 is 2.29 bits per heavy atom. The van der Waals surface area contributed by atoms with Gasteiger partial charge in [-0.15, -0.1) is 0 Å². The average Bonchev–Trinajstić information content (AvgIpc) is 2.92. The summed E-state index contributed by atoms with van der Waals surface area (Å²) in [6.45, 7) is 0.394. The molecule has 0 bridgehead atoms. The van der Waals surface area contributed by atoms with Gasteiger partial charge < -0.3 is 9.67 Å². The van der Waals surface area contributed by atoms with E-state index >= 15 is 0 Å². The molecular weight excluding hydrogens is 272 g/mol. The van der Waals surface area contributed by atoms with Gasteiger partial charge in [0, 0.05) is 30.1 Å². The van der Waals surface area contributed by atoms with Crippen LogP contribution in [0.2, 0.25) is 0 Å². The average molecular weight is 286 g/mol. The SMILES string of the molecule is N#Cc1ccc(Cn2cncc2CCCO)c([N+](=O)[O-])c1. The largest absolute Gasteiger partial charge is 0.396 e. The molecule has 0 aliphatic rings. The number of rotatable bonds is 6. The van der Waals surface area contributed by atoms with Gasteiger partial charge in [-0.3, -0.25) is 10.1 Å². The Labute approximate surface area is 121 Å². The Morgan fingerprint density at radius 1 is 1.48 bits per heavy atom. The Balaban J connectivity index is 2.29.